The molecule has 0 bridgehead atoms. The van der Waals surface area contributed by atoms with Crippen molar-refractivity contribution in [2.45, 2.75) is 13.8 Å². The van der Waals surface area contributed by atoms with Crippen LogP contribution in [0, 0.1) is 6.92 Å². The summed E-state index contributed by atoms with van der Waals surface area (Å²) in [5, 5.41) is 9.54. The molecule has 0 heterocycles. The number of aliphatic hydroxyl groups excluding tert-OH is 1. The number of carbonyl (C=O) groups excluding carboxylic acids is 1. The van der Waals surface area contributed by atoms with Crippen molar-refractivity contribution in [1.82, 2.24) is 0 Å². The number of carbonyl (C=O) groups is 1. The largest absolute Gasteiger partial charge is 0.510 e. The van der Waals surface area contributed by atoms with Crippen molar-refractivity contribution >= 4 is 11.7 Å². The van der Waals surface area contributed by atoms with Crippen molar-refractivity contribution in [3.8, 4) is 0 Å². The van der Waals surface area contributed by atoms with Gasteiger partial charge in [0.15, 0.2) is 5.70 Å². The minimum Gasteiger partial charge on any atom is -0.510 e. The zero-order chi connectivity index (χ0) is 13.0. The second kappa shape index (κ2) is 5.39. The fraction of sp³-hybridized carbons (Fsp3) is 0.308. The van der Waals surface area contributed by atoms with Crippen molar-refractivity contribution in [2.75, 3.05) is 19.1 Å². The van der Waals surface area contributed by atoms with Crippen LogP contribution in [0.15, 0.2) is 35.7 Å². The molecule has 17 heavy (non-hydrogen) atoms. The molecule has 0 spiro atoms. The van der Waals surface area contributed by atoms with E-state index in [1.165, 1.54) is 14.0 Å². The van der Waals surface area contributed by atoms with Gasteiger partial charge in [0.2, 0.25) is 0 Å². The molecular formula is C13H17NO3. The number of aryl methyl sites for hydroxylation is 1. The number of methoxy groups -OCH3 is 1. The number of esters is 1. The highest BCUT2D eigenvalue weighted by molar-refractivity contribution is 5.92. The highest BCUT2D eigenvalue weighted by Crippen LogP contribution is 2.20. The van der Waals surface area contributed by atoms with Gasteiger partial charge in [-0.15, -0.1) is 0 Å². The molecule has 0 aliphatic rings. The van der Waals surface area contributed by atoms with Crippen molar-refractivity contribution < 1.29 is 14.6 Å². The lowest BCUT2D eigenvalue weighted by Gasteiger charge is -2.21. The maximum Gasteiger partial charge on any atom is 0.358 e. The van der Waals surface area contributed by atoms with E-state index in [-0.39, 0.29) is 11.5 Å². The van der Waals surface area contributed by atoms with Crippen molar-refractivity contribution in [3.05, 3.63) is 41.3 Å². The first-order valence-corrected chi connectivity index (χ1v) is 5.26. The van der Waals surface area contributed by atoms with E-state index in [4.69, 9.17) is 0 Å². The maximum atomic E-state index is 11.6. The minimum atomic E-state index is -0.562. The first-order valence-electron chi connectivity index (χ1n) is 5.26. The van der Waals surface area contributed by atoms with Gasteiger partial charge in [-0.05, 0) is 26.0 Å². The Bertz CT molecular complexity index is 430. The summed E-state index contributed by atoms with van der Waals surface area (Å²) < 4.78 is 4.64. The summed E-state index contributed by atoms with van der Waals surface area (Å²) in [6.45, 7) is 3.44. The Morgan fingerprint density at radius 2 is 1.82 bits per heavy atom. The fourth-order valence-corrected chi connectivity index (χ4v) is 1.52. The van der Waals surface area contributed by atoms with Gasteiger partial charge in [0.1, 0.15) is 5.76 Å². The topological polar surface area (TPSA) is 49.8 Å². The van der Waals surface area contributed by atoms with Crippen LogP contribution < -0.4 is 4.90 Å². The third kappa shape index (κ3) is 3.00. The molecule has 0 unspecified atom stereocenters. The molecule has 0 saturated carbocycles. The standard InChI is InChI=1S/C13H17NO3/c1-9-5-7-11(8-6-9)14(3)12(10(2)15)13(16)17-4/h5-8,15H,1-4H3/b12-10+. The van der Waals surface area contributed by atoms with E-state index in [9.17, 15) is 9.90 Å². The van der Waals surface area contributed by atoms with E-state index in [2.05, 4.69) is 4.74 Å². The second-order valence-corrected chi connectivity index (χ2v) is 3.82. The zero-order valence-electron chi connectivity index (χ0n) is 10.5. The lowest BCUT2D eigenvalue weighted by atomic mass is 10.2. The number of likely N-dealkylation sites (N-methyl/N-ethyl adjacent to an activating group) is 1. The van der Waals surface area contributed by atoms with Crippen LogP contribution in [-0.4, -0.2) is 25.2 Å². The van der Waals surface area contributed by atoms with Gasteiger partial charge in [-0.25, -0.2) is 4.79 Å². The quantitative estimate of drug-likeness (QED) is 0.496. The Labute approximate surface area is 101 Å². The number of allylic oxidation sites excluding steroid dienone is 1. The molecule has 0 aromatic heterocycles. The number of hydrogen-bond donors (Lipinski definition) is 1. The van der Waals surface area contributed by atoms with Gasteiger partial charge in [-0.1, -0.05) is 17.7 Å². The molecule has 4 nitrogen and oxygen atoms in total. The summed E-state index contributed by atoms with van der Waals surface area (Å²) in [4.78, 5) is 13.2. The number of nitrogens with zero attached hydrogens (tertiary/aromatic N) is 1. The molecule has 1 aromatic rings. The maximum absolute atomic E-state index is 11.6. The summed E-state index contributed by atoms with van der Waals surface area (Å²) in [6, 6.07) is 7.63. The number of aliphatic hydroxyl groups is 1. The van der Waals surface area contributed by atoms with E-state index in [1.54, 1.807) is 11.9 Å². The van der Waals surface area contributed by atoms with Crippen molar-refractivity contribution in [2.24, 2.45) is 0 Å². The Balaban J connectivity index is 3.09. The average Bonchev–Trinajstić information content (AvgIpc) is 2.29. The number of anilines is 1. The predicted molar refractivity (Wildman–Crippen MR) is 66.9 cm³/mol. The smallest absolute Gasteiger partial charge is 0.358 e. The number of rotatable bonds is 3. The van der Waals surface area contributed by atoms with Crippen LogP contribution in [0.3, 0.4) is 0 Å². The molecule has 0 saturated heterocycles. The Morgan fingerprint density at radius 3 is 2.24 bits per heavy atom. The summed E-state index contributed by atoms with van der Waals surface area (Å²) in [5.74, 6) is -0.631. The van der Waals surface area contributed by atoms with Crippen molar-refractivity contribution in [1.29, 1.82) is 0 Å². The molecule has 0 fully saturated rings. The first kappa shape index (κ1) is 13.1. The summed E-state index contributed by atoms with van der Waals surface area (Å²) in [7, 11) is 2.99. The molecule has 1 N–H and O–H groups in total. The van der Waals surface area contributed by atoms with Gasteiger partial charge in [-0.3, -0.25) is 0 Å². The monoisotopic (exact) mass is 235 g/mol. The molecule has 1 aromatic carbocycles. The lowest BCUT2D eigenvalue weighted by molar-refractivity contribution is -0.136. The molecule has 0 atom stereocenters. The van der Waals surface area contributed by atoms with Crippen LogP contribution in [-0.2, 0) is 9.53 Å². The first-order chi connectivity index (χ1) is 7.97. The normalized spacial score (nSPS) is 11.8. The van der Waals surface area contributed by atoms with E-state index in [0.29, 0.717) is 0 Å². The average molecular weight is 235 g/mol. The van der Waals surface area contributed by atoms with E-state index in [1.807, 2.05) is 31.2 Å². The molecule has 1 rings (SSSR count). The molecule has 0 aliphatic carbocycles. The fourth-order valence-electron chi connectivity index (χ4n) is 1.52. The Kier molecular flexibility index (Phi) is 4.15. The van der Waals surface area contributed by atoms with Crippen LogP contribution in [0.5, 0.6) is 0 Å². The summed E-state index contributed by atoms with van der Waals surface area (Å²) in [5.41, 5.74) is 2.08. The van der Waals surface area contributed by atoms with Crippen LogP contribution in [0.25, 0.3) is 0 Å². The molecule has 4 heteroatoms. The van der Waals surface area contributed by atoms with Gasteiger partial charge in [0, 0.05) is 12.7 Å². The number of ether oxygens (including phenoxy) is 1. The highest BCUT2D eigenvalue weighted by atomic mass is 16.5. The van der Waals surface area contributed by atoms with E-state index in [0.717, 1.165) is 11.3 Å². The third-order valence-corrected chi connectivity index (χ3v) is 2.48. The van der Waals surface area contributed by atoms with Gasteiger partial charge < -0.3 is 14.7 Å². The zero-order valence-corrected chi connectivity index (χ0v) is 10.5. The lowest BCUT2D eigenvalue weighted by Crippen LogP contribution is -2.25. The molecule has 0 radical (unpaired) electrons. The van der Waals surface area contributed by atoms with Crippen LogP contribution >= 0.6 is 0 Å². The Morgan fingerprint density at radius 1 is 1.29 bits per heavy atom. The van der Waals surface area contributed by atoms with Crippen molar-refractivity contribution in [3.63, 3.8) is 0 Å². The van der Waals surface area contributed by atoms with Gasteiger partial charge >= 0.3 is 5.97 Å². The highest BCUT2D eigenvalue weighted by Gasteiger charge is 2.19. The van der Waals surface area contributed by atoms with Crippen LogP contribution in [0.4, 0.5) is 5.69 Å². The predicted octanol–water partition coefficient (Wildman–Crippen LogP) is 2.39. The SMILES string of the molecule is COC(=O)/C(=C(/C)O)N(C)c1ccc(C)cc1. The Hall–Kier alpha value is -1.97. The van der Waals surface area contributed by atoms with Gasteiger partial charge in [-0.2, -0.15) is 0 Å². The van der Waals surface area contributed by atoms with Gasteiger partial charge in [0.25, 0.3) is 0 Å². The third-order valence-electron chi connectivity index (χ3n) is 2.48. The van der Waals surface area contributed by atoms with E-state index < -0.39 is 5.97 Å². The number of benzene rings is 1. The number of hydrogen-bond acceptors (Lipinski definition) is 4. The minimum absolute atomic E-state index is 0.0695. The second-order valence-electron chi connectivity index (χ2n) is 3.82. The summed E-state index contributed by atoms with van der Waals surface area (Å²) in [6.07, 6.45) is 0. The van der Waals surface area contributed by atoms with Crippen LogP contribution in [0.1, 0.15) is 12.5 Å². The molecule has 92 valence electrons. The van der Waals surface area contributed by atoms with E-state index >= 15 is 0 Å². The molecule has 0 aliphatic heterocycles. The molecular weight excluding hydrogens is 218 g/mol. The molecule has 0 amide bonds. The van der Waals surface area contributed by atoms with Gasteiger partial charge in [0.05, 0.1) is 7.11 Å². The van der Waals surface area contributed by atoms with Crippen LogP contribution in [0.2, 0.25) is 0 Å². The summed E-state index contributed by atoms with van der Waals surface area (Å²) >= 11 is 0.